The third-order valence-corrected chi connectivity index (χ3v) is 3.82. The number of rotatable bonds is 3. The van der Waals surface area contributed by atoms with E-state index in [1.54, 1.807) is 48.5 Å². The van der Waals surface area contributed by atoms with E-state index in [-0.39, 0.29) is 11.1 Å². The Hall–Kier alpha value is -2.93. The predicted octanol–water partition coefficient (Wildman–Crippen LogP) is 2.54. The van der Waals surface area contributed by atoms with Crippen molar-refractivity contribution in [1.29, 1.82) is 0 Å². The van der Waals surface area contributed by atoms with Crippen LogP contribution in [0, 0.1) is 0 Å². The molecule has 3 N–H and O–H groups in total. The molecular formula is C17H12BrN3O3. The van der Waals surface area contributed by atoms with Gasteiger partial charge in [0.05, 0.1) is 0 Å². The van der Waals surface area contributed by atoms with Gasteiger partial charge in [0.15, 0.2) is 0 Å². The fourth-order valence-corrected chi connectivity index (χ4v) is 2.36. The van der Waals surface area contributed by atoms with Gasteiger partial charge in [0, 0.05) is 15.4 Å². The largest absolute Gasteiger partial charge is 0.436 e. The molecule has 0 bridgehead atoms. The fraction of sp³-hybridized carbons (Fsp3) is 0. The summed E-state index contributed by atoms with van der Waals surface area (Å²) in [7, 11) is 0. The maximum Gasteiger partial charge on any atom is 0.271 e. The Morgan fingerprint density at radius 2 is 1.79 bits per heavy atom. The SMILES string of the molecule is NC(=O)c1cc2ccccc2o/c1=N\NC(=O)c1ccc(Br)cc1. The van der Waals surface area contributed by atoms with E-state index in [0.29, 0.717) is 16.5 Å². The summed E-state index contributed by atoms with van der Waals surface area (Å²) in [4.78, 5) is 23.7. The van der Waals surface area contributed by atoms with E-state index in [9.17, 15) is 9.59 Å². The van der Waals surface area contributed by atoms with Crippen LogP contribution >= 0.6 is 15.9 Å². The zero-order valence-electron chi connectivity index (χ0n) is 12.3. The predicted molar refractivity (Wildman–Crippen MR) is 91.9 cm³/mol. The molecular weight excluding hydrogens is 374 g/mol. The Balaban J connectivity index is 1.99. The lowest BCUT2D eigenvalue weighted by atomic mass is 10.2. The van der Waals surface area contributed by atoms with Gasteiger partial charge in [-0.25, -0.2) is 5.43 Å². The minimum absolute atomic E-state index is 0.0494. The highest BCUT2D eigenvalue weighted by atomic mass is 79.9. The quantitative estimate of drug-likeness (QED) is 0.677. The van der Waals surface area contributed by atoms with Gasteiger partial charge >= 0.3 is 0 Å². The second-order valence-electron chi connectivity index (χ2n) is 4.93. The maximum atomic E-state index is 12.1. The Labute approximate surface area is 145 Å². The molecule has 0 aliphatic carbocycles. The van der Waals surface area contributed by atoms with Crippen molar-refractivity contribution in [2.75, 3.05) is 0 Å². The van der Waals surface area contributed by atoms with Gasteiger partial charge in [-0.2, -0.15) is 0 Å². The van der Waals surface area contributed by atoms with Crippen molar-refractivity contribution in [1.82, 2.24) is 5.43 Å². The van der Waals surface area contributed by atoms with E-state index in [2.05, 4.69) is 26.5 Å². The van der Waals surface area contributed by atoms with Gasteiger partial charge in [-0.1, -0.05) is 34.1 Å². The van der Waals surface area contributed by atoms with Crippen LogP contribution in [-0.4, -0.2) is 11.8 Å². The van der Waals surface area contributed by atoms with Crippen LogP contribution in [-0.2, 0) is 0 Å². The number of nitrogens with two attached hydrogens (primary N) is 1. The number of carbonyl (C=O) groups excluding carboxylic acids is 2. The minimum Gasteiger partial charge on any atom is -0.436 e. The van der Waals surface area contributed by atoms with Crippen molar-refractivity contribution < 1.29 is 14.0 Å². The zero-order valence-corrected chi connectivity index (χ0v) is 13.9. The molecule has 1 heterocycles. The van der Waals surface area contributed by atoms with Gasteiger partial charge in [-0.3, -0.25) is 9.59 Å². The summed E-state index contributed by atoms with van der Waals surface area (Å²) < 4.78 is 6.43. The molecule has 0 radical (unpaired) electrons. The van der Waals surface area contributed by atoms with Crippen LogP contribution in [0.15, 0.2) is 68.6 Å². The maximum absolute atomic E-state index is 12.1. The highest BCUT2D eigenvalue weighted by molar-refractivity contribution is 9.10. The van der Waals surface area contributed by atoms with Gasteiger partial charge in [0.25, 0.3) is 11.8 Å². The van der Waals surface area contributed by atoms with E-state index < -0.39 is 11.8 Å². The molecule has 0 unspecified atom stereocenters. The Morgan fingerprint density at radius 1 is 1.08 bits per heavy atom. The van der Waals surface area contributed by atoms with E-state index in [0.717, 1.165) is 4.47 Å². The second kappa shape index (κ2) is 6.67. The number of primary amides is 1. The zero-order chi connectivity index (χ0) is 17.1. The molecule has 120 valence electrons. The number of benzene rings is 2. The molecule has 0 atom stereocenters. The summed E-state index contributed by atoms with van der Waals surface area (Å²) >= 11 is 3.30. The average Bonchev–Trinajstić information content (AvgIpc) is 2.59. The van der Waals surface area contributed by atoms with E-state index >= 15 is 0 Å². The van der Waals surface area contributed by atoms with Crippen LogP contribution < -0.4 is 16.7 Å². The summed E-state index contributed by atoms with van der Waals surface area (Å²) in [6, 6.07) is 15.5. The van der Waals surface area contributed by atoms with Crippen molar-refractivity contribution in [3.8, 4) is 0 Å². The minimum atomic E-state index is -0.693. The van der Waals surface area contributed by atoms with Crippen molar-refractivity contribution in [3.63, 3.8) is 0 Å². The lowest BCUT2D eigenvalue weighted by Gasteiger charge is -2.03. The van der Waals surface area contributed by atoms with Gasteiger partial charge < -0.3 is 10.2 Å². The molecule has 0 aliphatic rings. The van der Waals surface area contributed by atoms with Crippen LogP contribution in [0.2, 0.25) is 0 Å². The first kappa shape index (κ1) is 15.9. The third-order valence-electron chi connectivity index (χ3n) is 3.29. The van der Waals surface area contributed by atoms with Crippen LogP contribution in [0.3, 0.4) is 0 Å². The van der Waals surface area contributed by atoms with E-state index in [1.807, 2.05) is 6.07 Å². The average molecular weight is 386 g/mol. The number of halogens is 1. The van der Waals surface area contributed by atoms with Gasteiger partial charge in [-0.05, 0) is 36.4 Å². The van der Waals surface area contributed by atoms with Crippen molar-refractivity contribution in [2.24, 2.45) is 10.8 Å². The topological polar surface area (TPSA) is 97.7 Å². The molecule has 3 aromatic rings. The molecule has 6 nitrogen and oxygen atoms in total. The van der Waals surface area contributed by atoms with Crippen molar-refractivity contribution >= 4 is 38.7 Å². The second-order valence-corrected chi connectivity index (χ2v) is 5.84. The van der Waals surface area contributed by atoms with Crippen molar-refractivity contribution in [2.45, 2.75) is 0 Å². The first-order valence-electron chi connectivity index (χ1n) is 6.97. The number of hydrogen-bond acceptors (Lipinski definition) is 4. The number of fused-ring (bicyclic) bond motifs is 1. The van der Waals surface area contributed by atoms with E-state index in [4.69, 9.17) is 10.2 Å². The number of hydrogen-bond donors (Lipinski definition) is 2. The molecule has 2 aromatic carbocycles. The van der Waals surface area contributed by atoms with Crippen LogP contribution in [0.5, 0.6) is 0 Å². The van der Waals surface area contributed by atoms with Gasteiger partial charge in [-0.15, -0.1) is 5.10 Å². The summed E-state index contributed by atoms with van der Waals surface area (Å²) in [6.45, 7) is 0. The summed E-state index contributed by atoms with van der Waals surface area (Å²) in [5, 5.41) is 4.61. The van der Waals surface area contributed by atoms with Crippen LogP contribution in [0.1, 0.15) is 20.7 Å². The third kappa shape index (κ3) is 3.36. The van der Waals surface area contributed by atoms with Crippen LogP contribution in [0.4, 0.5) is 0 Å². The molecule has 1 aromatic heterocycles. The van der Waals surface area contributed by atoms with Crippen LogP contribution in [0.25, 0.3) is 11.0 Å². The Kier molecular flexibility index (Phi) is 4.43. The first-order valence-corrected chi connectivity index (χ1v) is 7.76. The first-order chi connectivity index (χ1) is 11.5. The summed E-state index contributed by atoms with van der Waals surface area (Å²) in [6.07, 6.45) is 0. The Morgan fingerprint density at radius 3 is 2.50 bits per heavy atom. The molecule has 7 heteroatoms. The highest BCUT2D eigenvalue weighted by Gasteiger charge is 2.10. The smallest absolute Gasteiger partial charge is 0.271 e. The molecule has 0 aliphatic heterocycles. The Bertz CT molecular complexity index is 994. The molecule has 3 rings (SSSR count). The standard InChI is InChI=1S/C17H12BrN3O3/c18-12-7-5-10(6-8-12)16(23)20-21-17-13(15(19)22)9-11-3-1-2-4-14(11)24-17/h1-9H,(H2,19,22)(H,20,23)/b21-17-. The number of nitrogens with zero attached hydrogens (tertiary/aromatic N) is 1. The number of carbonyl (C=O) groups is 2. The normalized spacial score (nSPS) is 11.5. The van der Waals surface area contributed by atoms with Gasteiger partial charge in [0.1, 0.15) is 11.1 Å². The van der Waals surface area contributed by atoms with Gasteiger partial charge in [0.2, 0.25) is 5.55 Å². The van der Waals surface area contributed by atoms with E-state index in [1.165, 1.54) is 0 Å². The molecule has 0 fully saturated rings. The molecule has 24 heavy (non-hydrogen) atoms. The number of para-hydroxylation sites is 1. The monoisotopic (exact) mass is 385 g/mol. The molecule has 0 saturated carbocycles. The molecule has 0 spiro atoms. The molecule has 2 amide bonds. The summed E-state index contributed by atoms with van der Waals surface area (Å²) in [5.41, 5.74) is 8.71. The molecule has 0 saturated heterocycles. The highest BCUT2D eigenvalue weighted by Crippen LogP contribution is 2.12. The number of amides is 2. The fourth-order valence-electron chi connectivity index (χ4n) is 2.10. The van der Waals surface area contributed by atoms with Crippen molar-refractivity contribution in [3.05, 3.63) is 75.8 Å². The summed E-state index contributed by atoms with van der Waals surface area (Å²) in [5.74, 6) is -1.12. The lowest BCUT2D eigenvalue weighted by molar-refractivity contribution is 0.0946. The number of nitrogens with one attached hydrogen (secondary N) is 1. The lowest BCUT2D eigenvalue weighted by Crippen LogP contribution is -2.27.